The highest BCUT2D eigenvalue weighted by Crippen LogP contribution is 2.32. The largest absolute Gasteiger partial charge is 0.330 e. The summed E-state index contributed by atoms with van der Waals surface area (Å²) in [6, 6.07) is 4.84. The van der Waals surface area contributed by atoms with Gasteiger partial charge in [-0.1, -0.05) is 28.4 Å². The lowest BCUT2D eigenvalue weighted by molar-refractivity contribution is -0.123. The Balaban J connectivity index is 2.07. The maximum absolute atomic E-state index is 13.7. The Bertz CT molecular complexity index is 449. The van der Waals surface area contributed by atoms with Crippen LogP contribution in [0.4, 0.5) is 4.39 Å². The molecule has 0 saturated heterocycles. The maximum Gasteiger partial charge on any atom is 0.140 e. The molecule has 1 aliphatic carbocycles. The van der Waals surface area contributed by atoms with Crippen LogP contribution in [0.3, 0.4) is 0 Å². The Labute approximate surface area is 115 Å². The number of halogens is 2. The van der Waals surface area contributed by atoms with E-state index in [1.54, 1.807) is 12.1 Å². The average molecular weight is 314 g/mol. The highest BCUT2D eigenvalue weighted by atomic mass is 79.9. The first-order valence-electron chi connectivity index (χ1n) is 6.28. The van der Waals surface area contributed by atoms with Crippen LogP contribution in [0.2, 0.25) is 0 Å². The van der Waals surface area contributed by atoms with Crippen molar-refractivity contribution in [2.45, 2.75) is 25.7 Å². The number of Topliss-reactive ketones (excluding diaryl/α,β-unsaturated/α-hetero) is 1. The van der Waals surface area contributed by atoms with Crippen molar-refractivity contribution in [3.8, 4) is 0 Å². The number of hydrogen-bond acceptors (Lipinski definition) is 2. The maximum atomic E-state index is 13.7. The monoisotopic (exact) mass is 313 g/mol. The normalized spacial score (nSPS) is 23.3. The van der Waals surface area contributed by atoms with Gasteiger partial charge in [-0.15, -0.1) is 0 Å². The van der Waals surface area contributed by atoms with Crippen molar-refractivity contribution >= 4 is 21.7 Å². The van der Waals surface area contributed by atoms with Crippen LogP contribution in [0.5, 0.6) is 0 Å². The predicted octanol–water partition coefficient (Wildman–Crippen LogP) is 3.07. The highest BCUT2D eigenvalue weighted by molar-refractivity contribution is 9.10. The number of benzene rings is 1. The molecule has 2 unspecified atom stereocenters. The lowest BCUT2D eigenvalue weighted by atomic mass is 9.89. The van der Waals surface area contributed by atoms with E-state index < -0.39 is 0 Å². The summed E-state index contributed by atoms with van der Waals surface area (Å²) in [5, 5.41) is 0. The Kier molecular flexibility index (Phi) is 4.51. The number of hydrogen-bond donors (Lipinski definition) is 1. The second-order valence-corrected chi connectivity index (χ2v) is 5.83. The zero-order valence-corrected chi connectivity index (χ0v) is 11.7. The second-order valence-electron chi connectivity index (χ2n) is 4.91. The van der Waals surface area contributed by atoms with Crippen molar-refractivity contribution < 1.29 is 9.18 Å². The summed E-state index contributed by atoms with van der Waals surface area (Å²) in [4.78, 5) is 12.2. The summed E-state index contributed by atoms with van der Waals surface area (Å²) in [6.07, 6.45) is 3.16. The lowest BCUT2D eigenvalue weighted by Crippen LogP contribution is -2.26. The molecule has 2 atom stereocenters. The fourth-order valence-electron chi connectivity index (χ4n) is 2.73. The molecule has 98 valence electrons. The molecule has 4 heteroatoms. The molecule has 2 rings (SSSR count). The Morgan fingerprint density at radius 3 is 2.89 bits per heavy atom. The first-order valence-corrected chi connectivity index (χ1v) is 7.08. The Morgan fingerprint density at radius 1 is 1.44 bits per heavy atom. The molecule has 1 aromatic rings. The van der Waals surface area contributed by atoms with Crippen LogP contribution < -0.4 is 5.73 Å². The van der Waals surface area contributed by atoms with E-state index in [1.165, 1.54) is 6.07 Å². The van der Waals surface area contributed by atoms with E-state index in [1.807, 2.05) is 0 Å². The van der Waals surface area contributed by atoms with Gasteiger partial charge in [-0.3, -0.25) is 4.79 Å². The molecule has 1 aliphatic rings. The third-order valence-electron chi connectivity index (χ3n) is 3.76. The molecule has 1 saturated carbocycles. The summed E-state index contributed by atoms with van der Waals surface area (Å²) in [7, 11) is 0. The minimum Gasteiger partial charge on any atom is -0.330 e. The van der Waals surface area contributed by atoms with Crippen molar-refractivity contribution in [3.63, 3.8) is 0 Å². The molecule has 0 aromatic heterocycles. The number of rotatable bonds is 4. The number of carbonyl (C=O) groups excluding carboxylic acids is 1. The molecule has 0 bridgehead atoms. The molecule has 0 aliphatic heterocycles. The van der Waals surface area contributed by atoms with Crippen LogP contribution >= 0.6 is 15.9 Å². The van der Waals surface area contributed by atoms with Crippen LogP contribution in [0.15, 0.2) is 22.7 Å². The number of nitrogens with two attached hydrogens (primary N) is 1. The van der Waals surface area contributed by atoms with Gasteiger partial charge in [0.25, 0.3) is 0 Å². The Hall–Kier alpha value is -0.740. The topological polar surface area (TPSA) is 43.1 Å². The van der Waals surface area contributed by atoms with Crippen LogP contribution in [-0.4, -0.2) is 12.3 Å². The summed E-state index contributed by atoms with van der Waals surface area (Å²) in [5.41, 5.74) is 6.15. The van der Waals surface area contributed by atoms with Crippen molar-refractivity contribution in [3.05, 3.63) is 34.1 Å². The fraction of sp³-hybridized carbons (Fsp3) is 0.500. The molecule has 18 heavy (non-hydrogen) atoms. The first kappa shape index (κ1) is 13.7. The van der Waals surface area contributed by atoms with Gasteiger partial charge in [0.1, 0.15) is 11.6 Å². The molecule has 2 N–H and O–H groups in total. The van der Waals surface area contributed by atoms with Crippen LogP contribution in [0.25, 0.3) is 0 Å². The van der Waals surface area contributed by atoms with E-state index in [-0.39, 0.29) is 29.9 Å². The third-order valence-corrected chi connectivity index (χ3v) is 4.25. The van der Waals surface area contributed by atoms with Gasteiger partial charge >= 0.3 is 0 Å². The molecule has 0 spiro atoms. The molecule has 0 heterocycles. The molecule has 1 fully saturated rings. The van der Waals surface area contributed by atoms with Gasteiger partial charge in [0, 0.05) is 16.8 Å². The van der Waals surface area contributed by atoms with Gasteiger partial charge in [0.15, 0.2) is 0 Å². The average Bonchev–Trinajstić information content (AvgIpc) is 2.81. The Morgan fingerprint density at radius 2 is 2.22 bits per heavy atom. The van der Waals surface area contributed by atoms with Crippen molar-refractivity contribution in [2.24, 2.45) is 17.6 Å². The molecule has 2 nitrogen and oxygen atoms in total. The minimum atomic E-state index is -0.319. The fourth-order valence-corrected chi connectivity index (χ4v) is 3.06. The molecule has 0 radical (unpaired) electrons. The zero-order chi connectivity index (χ0) is 13.1. The van der Waals surface area contributed by atoms with Crippen molar-refractivity contribution in [2.75, 3.05) is 6.54 Å². The van der Waals surface area contributed by atoms with E-state index in [9.17, 15) is 9.18 Å². The van der Waals surface area contributed by atoms with E-state index in [0.717, 1.165) is 19.3 Å². The van der Waals surface area contributed by atoms with Gasteiger partial charge in [0.2, 0.25) is 0 Å². The standard InChI is InChI=1S/C14H17BrFNO/c15-11-5-4-9(13(16)7-11)6-14(18)12-3-1-2-10(12)8-17/h4-5,7,10,12H,1-3,6,8,17H2. The number of carbonyl (C=O) groups is 1. The van der Waals surface area contributed by atoms with Gasteiger partial charge in [-0.2, -0.15) is 0 Å². The van der Waals surface area contributed by atoms with Crippen LogP contribution in [0.1, 0.15) is 24.8 Å². The SMILES string of the molecule is NCC1CCCC1C(=O)Cc1ccc(Br)cc1F. The summed E-state index contributed by atoms with van der Waals surface area (Å²) >= 11 is 3.21. The van der Waals surface area contributed by atoms with Crippen LogP contribution in [-0.2, 0) is 11.2 Å². The van der Waals surface area contributed by atoms with Crippen molar-refractivity contribution in [1.82, 2.24) is 0 Å². The highest BCUT2D eigenvalue weighted by Gasteiger charge is 2.31. The second kappa shape index (κ2) is 5.93. The summed E-state index contributed by atoms with van der Waals surface area (Å²) in [5.74, 6) is 0.123. The summed E-state index contributed by atoms with van der Waals surface area (Å²) in [6.45, 7) is 0.555. The smallest absolute Gasteiger partial charge is 0.140 e. The van der Waals surface area contributed by atoms with E-state index >= 15 is 0 Å². The first-order chi connectivity index (χ1) is 8.61. The molecular weight excluding hydrogens is 297 g/mol. The molecule has 1 aromatic carbocycles. The third kappa shape index (κ3) is 2.98. The van der Waals surface area contributed by atoms with Gasteiger partial charge in [0.05, 0.1) is 0 Å². The minimum absolute atomic E-state index is 0.0260. The lowest BCUT2D eigenvalue weighted by Gasteiger charge is -2.16. The predicted molar refractivity (Wildman–Crippen MR) is 72.7 cm³/mol. The van der Waals surface area contributed by atoms with E-state index in [0.29, 0.717) is 16.6 Å². The zero-order valence-electron chi connectivity index (χ0n) is 10.2. The molecular formula is C14H17BrFNO. The van der Waals surface area contributed by atoms with Gasteiger partial charge in [-0.25, -0.2) is 4.39 Å². The van der Waals surface area contributed by atoms with E-state index in [4.69, 9.17) is 5.73 Å². The van der Waals surface area contributed by atoms with Gasteiger partial charge in [-0.05, 0) is 43.0 Å². The molecule has 0 amide bonds. The van der Waals surface area contributed by atoms with E-state index in [2.05, 4.69) is 15.9 Å². The summed E-state index contributed by atoms with van der Waals surface area (Å²) < 4.78 is 14.4. The quantitative estimate of drug-likeness (QED) is 0.928. The van der Waals surface area contributed by atoms with Gasteiger partial charge < -0.3 is 5.73 Å². The number of ketones is 1. The van der Waals surface area contributed by atoms with Crippen molar-refractivity contribution in [1.29, 1.82) is 0 Å². The van der Waals surface area contributed by atoms with Crippen LogP contribution in [0, 0.1) is 17.7 Å².